The fraction of sp³-hybridized carbons (Fsp3) is 0.385. The van der Waals surface area contributed by atoms with Crippen LogP contribution in [0.4, 0.5) is 0 Å². The van der Waals surface area contributed by atoms with Crippen molar-refractivity contribution in [2.24, 2.45) is 0 Å². The second-order valence-corrected chi connectivity index (χ2v) is 5.81. The van der Waals surface area contributed by atoms with Crippen LogP contribution in [0.3, 0.4) is 0 Å². The SMILES string of the molecule is CCOC(=O)CN(CC)S(=O)(=O)c1ccc(C#N)cc1. The molecule has 6 nitrogen and oxygen atoms in total. The normalized spacial score (nSPS) is 11.1. The van der Waals surface area contributed by atoms with Gasteiger partial charge in [0.25, 0.3) is 0 Å². The number of carbonyl (C=O) groups excluding carboxylic acids is 1. The molecule has 0 atom stereocenters. The summed E-state index contributed by atoms with van der Waals surface area (Å²) in [7, 11) is -3.77. The predicted octanol–water partition coefficient (Wildman–Crippen LogP) is 1.13. The molecule has 0 fully saturated rings. The van der Waals surface area contributed by atoms with E-state index in [9.17, 15) is 13.2 Å². The van der Waals surface area contributed by atoms with Crippen LogP contribution in [0.25, 0.3) is 0 Å². The molecule has 0 heterocycles. The maximum absolute atomic E-state index is 12.3. The summed E-state index contributed by atoms with van der Waals surface area (Å²) in [6.45, 7) is 3.32. The van der Waals surface area contributed by atoms with Gasteiger partial charge in [-0.1, -0.05) is 6.92 Å². The number of nitriles is 1. The van der Waals surface area contributed by atoms with E-state index in [1.165, 1.54) is 24.3 Å². The number of likely N-dealkylation sites (N-methyl/N-ethyl adjacent to an activating group) is 1. The van der Waals surface area contributed by atoms with Gasteiger partial charge in [0.15, 0.2) is 0 Å². The Balaban J connectivity index is 2.99. The second-order valence-electron chi connectivity index (χ2n) is 3.87. The van der Waals surface area contributed by atoms with Crippen LogP contribution in [0.2, 0.25) is 0 Å². The fourth-order valence-electron chi connectivity index (χ4n) is 1.57. The highest BCUT2D eigenvalue weighted by Crippen LogP contribution is 2.16. The predicted molar refractivity (Wildman–Crippen MR) is 72.2 cm³/mol. The van der Waals surface area contributed by atoms with Gasteiger partial charge in [-0.2, -0.15) is 9.57 Å². The molecule has 0 radical (unpaired) electrons. The minimum absolute atomic E-state index is 0.0441. The van der Waals surface area contributed by atoms with E-state index in [2.05, 4.69) is 0 Å². The molecule has 1 aromatic rings. The fourth-order valence-corrected chi connectivity index (χ4v) is 2.96. The third-order valence-electron chi connectivity index (χ3n) is 2.58. The lowest BCUT2D eigenvalue weighted by Crippen LogP contribution is -2.36. The molecule has 0 N–H and O–H groups in total. The van der Waals surface area contributed by atoms with Crippen LogP contribution in [0, 0.1) is 11.3 Å². The molecule has 0 bridgehead atoms. The topological polar surface area (TPSA) is 87.5 Å². The van der Waals surface area contributed by atoms with Gasteiger partial charge in [-0.3, -0.25) is 4.79 Å². The number of ether oxygens (including phenoxy) is 1. The molecule has 0 saturated heterocycles. The third kappa shape index (κ3) is 3.79. The zero-order valence-corrected chi connectivity index (χ0v) is 12.2. The molecule has 0 aromatic heterocycles. The quantitative estimate of drug-likeness (QED) is 0.734. The van der Waals surface area contributed by atoms with Crippen molar-refractivity contribution in [2.45, 2.75) is 18.7 Å². The highest BCUT2D eigenvalue weighted by Gasteiger charge is 2.25. The maximum Gasteiger partial charge on any atom is 0.321 e. The molecule has 0 aliphatic heterocycles. The van der Waals surface area contributed by atoms with Gasteiger partial charge in [-0.05, 0) is 31.2 Å². The summed E-state index contributed by atoms with van der Waals surface area (Å²) >= 11 is 0. The molecule has 0 unspecified atom stereocenters. The second kappa shape index (κ2) is 7.03. The zero-order chi connectivity index (χ0) is 15.2. The lowest BCUT2D eigenvalue weighted by Gasteiger charge is -2.19. The van der Waals surface area contributed by atoms with Gasteiger partial charge in [0.05, 0.1) is 23.1 Å². The first-order valence-electron chi connectivity index (χ1n) is 6.11. The monoisotopic (exact) mass is 296 g/mol. The average Bonchev–Trinajstić information content (AvgIpc) is 2.45. The number of sulfonamides is 1. The first kappa shape index (κ1) is 16.1. The summed E-state index contributed by atoms with van der Waals surface area (Å²) in [5.74, 6) is -0.591. The van der Waals surface area contributed by atoms with Crippen molar-refractivity contribution < 1.29 is 17.9 Å². The van der Waals surface area contributed by atoms with E-state index in [1.807, 2.05) is 6.07 Å². The third-order valence-corrected chi connectivity index (χ3v) is 4.52. The van der Waals surface area contributed by atoms with Crippen molar-refractivity contribution in [1.82, 2.24) is 4.31 Å². The van der Waals surface area contributed by atoms with Crippen molar-refractivity contribution in [2.75, 3.05) is 19.7 Å². The summed E-state index contributed by atoms with van der Waals surface area (Å²) < 4.78 is 30.5. The first-order valence-corrected chi connectivity index (χ1v) is 7.55. The van der Waals surface area contributed by atoms with E-state index >= 15 is 0 Å². The van der Waals surface area contributed by atoms with E-state index in [0.717, 1.165) is 4.31 Å². The summed E-state index contributed by atoms with van der Waals surface area (Å²) in [6.07, 6.45) is 0. The molecule has 7 heteroatoms. The van der Waals surface area contributed by atoms with Gasteiger partial charge in [-0.15, -0.1) is 0 Å². The van der Waals surface area contributed by atoms with E-state index in [-0.39, 0.29) is 24.6 Å². The van der Waals surface area contributed by atoms with E-state index in [4.69, 9.17) is 10.00 Å². The van der Waals surface area contributed by atoms with Crippen molar-refractivity contribution >= 4 is 16.0 Å². The van der Waals surface area contributed by atoms with Crippen LogP contribution < -0.4 is 0 Å². The Morgan fingerprint density at radius 3 is 2.35 bits per heavy atom. The van der Waals surface area contributed by atoms with Crippen molar-refractivity contribution in [1.29, 1.82) is 5.26 Å². The number of esters is 1. The minimum Gasteiger partial charge on any atom is -0.465 e. The lowest BCUT2D eigenvalue weighted by molar-refractivity contribution is -0.143. The van der Waals surface area contributed by atoms with E-state index in [0.29, 0.717) is 5.56 Å². The van der Waals surface area contributed by atoms with Gasteiger partial charge in [0, 0.05) is 6.54 Å². The molecule has 0 saturated carbocycles. The molecule has 108 valence electrons. The Kier molecular flexibility index (Phi) is 5.67. The van der Waals surface area contributed by atoms with Crippen LogP contribution in [0.5, 0.6) is 0 Å². The molecule has 0 aliphatic carbocycles. The van der Waals surface area contributed by atoms with Gasteiger partial charge in [-0.25, -0.2) is 8.42 Å². The first-order chi connectivity index (χ1) is 9.45. The van der Waals surface area contributed by atoms with Gasteiger partial charge < -0.3 is 4.74 Å². The van der Waals surface area contributed by atoms with Crippen molar-refractivity contribution in [3.05, 3.63) is 29.8 Å². The van der Waals surface area contributed by atoms with Crippen LogP contribution in [-0.4, -0.2) is 38.4 Å². The van der Waals surface area contributed by atoms with Crippen LogP contribution >= 0.6 is 0 Å². The average molecular weight is 296 g/mol. The van der Waals surface area contributed by atoms with Crippen molar-refractivity contribution in [3.8, 4) is 6.07 Å². The Morgan fingerprint density at radius 1 is 1.30 bits per heavy atom. The zero-order valence-electron chi connectivity index (χ0n) is 11.4. The minimum atomic E-state index is -3.77. The van der Waals surface area contributed by atoms with Crippen LogP contribution in [0.1, 0.15) is 19.4 Å². The summed E-state index contributed by atoms with van der Waals surface area (Å²) in [4.78, 5) is 11.5. The number of carbonyl (C=O) groups is 1. The Morgan fingerprint density at radius 2 is 1.90 bits per heavy atom. The highest BCUT2D eigenvalue weighted by atomic mass is 32.2. The molecule has 1 rings (SSSR count). The summed E-state index contributed by atoms with van der Waals surface area (Å²) in [5, 5.41) is 8.69. The highest BCUT2D eigenvalue weighted by molar-refractivity contribution is 7.89. The van der Waals surface area contributed by atoms with Crippen LogP contribution in [0.15, 0.2) is 29.2 Å². The van der Waals surface area contributed by atoms with E-state index < -0.39 is 16.0 Å². The number of hydrogen-bond acceptors (Lipinski definition) is 5. The molecule has 1 aromatic carbocycles. The molecular weight excluding hydrogens is 280 g/mol. The van der Waals surface area contributed by atoms with Crippen molar-refractivity contribution in [3.63, 3.8) is 0 Å². The standard InChI is InChI=1S/C13H16N2O4S/c1-3-15(10-13(16)19-4-2)20(17,18)12-7-5-11(9-14)6-8-12/h5-8H,3-4,10H2,1-2H3. The lowest BCUT2D eigenvalue weighted by atomic mass is 10.2. The van der Waals surface area contributed by atoms with Gasteiger partial charge >= 0.3 is 5.97 Å². The van der Waals surface area contributed by atoms with E-state index in [1.54, 1.807) is 13.8 Å². The molecule has 20 heavy (non-hydrogen) atoms. The Bertz CT molecular complexity index is 602. The molecule has 0 spiro atoms. The molecule has 0 amide bonds. The smallest absolute Gasteiger partial charge is 0.321 e. The van der Waals surface area contributed by atoms with Gasteiger partial charge in [0.1, 0.15) is 6.54 Å². The molecular formula is C13H16N2O4S. The number of nitrogens with zero attached hydrogens (tertiary/aromatic N) is 2. The van der Waals surface area contributed by atoms with Gasteiger partial charge in [0.2, 0.25) is 10.0 Å². The number of rotatable bonds is 6. The number of benzene rings is 1. The number of hydrogen-bond donors (Lipinski definition) is 0. The van der Waals surface area contributed by atoms with Crippen LogP contribution in [-0.2, 0) is 19.6 Å². The Labute approximate surface area is 118 Å². The Hall–Kier alpha value is -1.91. The largest absolute Gasteiger partial charge is 0.465 e. The molecule has 0 aliphatic rings. The summed E-state index contributed by atoms with van der Waals surface area (Å²) in [6, 6.07) is 7.46. The summed E-state index contributed by atoms with van der Waals surface area (Å²) in [5.41, 5.74) is 0.373. The maximum atomic E-state index is 12.3.